The van der Waals surface area contributed by atoms with E-state index in [1.165, 1.54) is 18.3 Å². The topological polar surface area (TPSA) is 92.7 Å². The minimum atomic E-state index is -4.29. The van der Waals surface area contributed by atoms with Crippen LogP contribution in [0.5, 0.6) is 0 Å². The summed E-state index contributed by atoms with van der Waals surface area (Å²) in [5.74, 6) is -0.626. The SMILES string of the molecule is Cc1cc(NC(=O)c2ccn(CCC(F)(F)F)n2)nc(=O)[nH]1. The summed E-state index contributed by atoms with van der Waals surface area (Å²) < 4.78 is 37.4. The number of hydrogen-bond donors (Lipinski definition) is 2. The number of H-pyrrole nitrogens is 1. The molecule has 0 fully saturated rings. The van der Waals surface area contributed by atoms with Gasteiger partial charge in [0.1, 0.15) is 5.82 Å². The van der Waals surface area contributed by atoms with E-state index in [2.05, 4.69) is 20.4 Å². The minimum absolute atomic E-state index is 0.0380. The fourth-order valence-corrected chi connectivity index (χ4v) is 1.67. The first kappa shape index (κ1) is 15.7. The van der Waals surface area contributed by atoms with E-state index in [0.29, 0.717) is 5.69 Å². The molecule has 7 nitrogen and oxygen atoms in total. The molecular weight excluding hydrogens is 303 g/mol. The largest absolute Gasteiger partial charge is 0.390 e. The van der Waals surface area contributed by atoms with Crippen molar-refractivity contribution in [3.05, 3.63) is 40.2 Å². The number of nitrogens with one attached hydrogen (secondary N) is 2. The molecule has 2 rings (SSSR count). The number of amides is 1. The zero-order valence-corrected chi connectivity index (χ0v) is 11.4. The summed E-state index contributed by atoms with van der Waals surface area (Å²) in [6, 6.07) is 2.73. The van der Waals surface area contributed by atoms with Crippen molar-refractivity contribution in [1.29, 1.82) is 0 Å². The quantitative estimate of drug-likeness (QED) is 0.894. The second kappa shape index (κ2) is 6.00. The Bertz CT molecular complexity index is 735. The van der Waals surface area contributed by atoms with Crippen molar-refractivity contribution in [3.63, 3.8) is 0 Å². The molecule has 1 amide bonds. The van der Waals surface area contributed by atoms with Crippen LogP contribution in [0.2, 0.25) is 0 Å². The standard InChI is InChI=1S/C12H12F3N5O2/c1-7-6-9(18-11(22)16-7)17-10(21)8-2-4-20(19-8)5-3-12(13,14)15/h2,4,6H,3,5H2,1H3,(H2,16,17,18,21,22). The van der Waals surface area contributed by atoms with Crippen LogP contribution >= 0.6 is 0 Å². The average Bonchev–Trinajstić information content (AvgIpc) is 2.83. The molecule has 0 aromatic carbocycles. The van der Waals surface area contributed by atoms with Gasteiger partial charge in [0.25, 0.3) is 5.91 Å². The van der Waals surface area contributed by atoms with Gasteiger partial charge in [-0.05, 0) is 13.0 Å². The molecule has 118 valence electrons. The van der Waals surface area contributed by atoms with Crippen molar-refractivity contribution < 1.29 is 18.0 Å². The van der Waals surface area contributed by atoms with Gasteiger partial charge < -0.3 is 10.3 Å². The Hall–Kier alpha value is -2.65. The van der Waals surface area contributed by atoms with Crippen molar-refractivity contribution in [2.45, 2.75) is 26.1 Å². The Kier molecular flexibility index (Phi) is 4.29. The van der Waals surface area contributed by atoms with E-state index < -0.39 is 24.2 Å². The zero-order valence-electron chi connectivity index (χ0n) is 11.4. The van der Waals surface area contributed by atoms with Crippen molar-refractivity contribution in [2.75, 3.05) is 5.32 Å². The number of aryl methyl sites for hydroxylation is 2. The van der Waals surface area contributed by atoms with Crippen LogP contribution in [0.3, 0.4) is 0 Å². The van der Waals surface area contributed by atoms with E-state index in [4.69, 9.17) is 0 Å². The highest BCUT2D eigenvalue weighted by molar-refractivity contribution is 6.02. The first-order valence-corrected chi connectivity index (χ1v) is 6.22. The van der Waals surface area contributed by atoms with Crippen LogP contribution in [-0.4, -0.2) is 31.8 Å². The summed E-state index contributed by atoms with van der Waals surface area (Å²) in [7, 11) is 0. The van der Waals surface area contributed by atoms with Gasteiger partial charge in [-0.15, -0.1) is 0 Å². The second-order valence-corrected chi connectivity index (χ2v) is 4.54. The van der Waals surface area contributed by atoms with Crippen LogP contribution < -0.4 is 11.0 Å². The Morgan fingerprint density at radius 1 is 1.45 bits per heavy atom. The number of anilines is 1. The first-order valence-electron chi connectivity index (χ1n) is 6.22. The van der Waals surface area contributed by atoms with E-state index in [9.17, 15) is 22.8 Å². The van der Waals surface area contributed by atoms with Gasteiger partial charge in [-0.3, -0.25) is 9.48 Å². The molecule has 2 heterocycles. The summed E-state index contributed by atoms with van der Waals surface area (Å²) >= 11 is 0. The van der Waals surface area contributed by atoms with Gasteiger partial charge >= 0.3 is 11.9 Å². The predicted molar refractivity (Wildman–Crippen MR) is 70.4 cm³/mol. The first-order chi connectivity index (χ1) is 10.2. The van der Waals surface area contributed by atoms with Crippen LogP contribution in [0.1, 0.15) is 22.6 Å². The van der Waals surface area contributed by atoms with Gasteiger partial charge in [-0.1, -0.05) is 0 Å². The fourth-order valence-electron chi connectivity index (χ4n) is 1.67. The maximum absolute atomic E-state index is 12.1. The van der Waals surface area contributed by atoms with E-state index in [-0.39, 0.29) is 18.1 Å². The Morgan fingerprint density at radius 3 is 2.82 bits per heavy atom. The number of alkyl halides is 3. The average molecular weight is 315 g/mol. The fraction of sp³-hybridized carbons (Fsp3) is 0.333. The van der Waals surface area contributed by atoms with E-state index >= 15 is 0 Å². The predicted octanol–water partition coefficient (Wildman–Crippen LogP) is 1.48. The molecule has 0 atom stereocenters. The lowest BCUT2D eigenvalue weighted by molar-refractivity contribution is -0.137. The molecular formula is C12H12F3N5O2. The van der Waals surface area contributed by atoms with E-state index in [1.54, 1.807) is 6.92 Å². The highest BCUT2D eigenvalue weighted by Gasteiger charge is 2.26. The summed E-state index contributed by atoms with van der Waals surface area (Å²) in [6.45, 7) is 1.24. The number of nitrogens with zero attached hydrogens (tertiary/aromatic N) is 3. The monoisotopic (exact) mass is 315 g/mol. The van der Waals surface area contributed by atoms with Gasteiger partial charge in [-0.2, -0.15) is 23.3 Å². The van der Waals surface area contributed by atoms with E-state index in [1.807, 2.05) is 0 Å². The molecule has 0 unspecified atom stereocenters. The maximum atomic E-state index is 12.1. The molecule has 0 radical (unpaired) electrons. The molecule has 0 aliphatic rings. The van der Waals surface area contributed by atoms with Gasteiger partial charge in [0.05, 0.1) is 6.42 Å². The van der Waals surface area contributed by atoms with Crippen LogP contribution in [0.4, 0.5) is 19.0 Å². The smallest absolute Gasteiger partial charge is 0.310 e. The maximum Gasteiger partial charge on any atom is 0.390 e. The number of carbonyl (C=O) groups is 1. The second-order valence-electron chi connectivity index (χ2n) is 4.54. The molecule has 22 heavy (non-hydrogen) atoms. The molecule has 10 heteroatoms. The van der Waals surface area contributed by atoms with Gasteiger partial charge in [0.2, 0.25) is 0 Å². The third kappa shape index (κ3) is 4.43. The van der Waals surface area contributed by atoms with Crippen molar-refractivity contribution in [3.8, 4) is 0 Å². The molecule has 2 N–H and O–H groups in total. The molecule has 0 aliphatic carbocycles. The number of rotatable bonds is 4. The van der Waals surface area contributed by atoms with Gasteiger partial charge in [-0.25, -0.2) is 4.79 Å². The summed E-state index contributed by atoms with van der Waals surface area (Å²) in [5, 5.41) is 6.10. The van der Waals surface area contributed by atoms with Crippen LogP contribution in [0.25, 0.3) is 0 Å². The Labute approximate surface area is 122 Å². The normalized spacial score (nSPS) is 11.5. The van der Waals surface area contributed by atoms with E-state index in [0.717, 1.165) is 4.68 Å². The summed E-state index contributed by atoms with van der Waals surface area (Å²) in [6.07, 6.45) is -4.05. The number of aromatic amines is 1. The third-order valence-corrected chi connectivity index (χ3v) is 2.62. The lowest BCUT2D eigenvalue weighted by Crippen LogP contribution is -2.19. The zero-order chi connectivity index (χ0) is 16.3. The van der Waals surface area contributed by atoms with Crippen LogP contribution in [0, 0.1) is 6.92 Å². The highest BCUT2D eigenvalue weighted by atomic mass is 19.4. The van der Waals surface area contributed by atoms with Gasteiger partial charge in [0, 0.05) is 24.5 Å². The Morgan fingerprint density at radius 2 is 2.18 bits per heavy atom. The third-order valence-electron chi connectivity index (χ3n) is 2.62. The molecule has 0 spiro atoms. The Balaban J connectivity index is 2.04. The molecule has 0 saturated carbocycles. The lowest BCUT2D eigenvalue weighted by atomic mass is 10.4. The van der Waals surface area contributed by atoms with Crippen molar-refractivity contribution in [2.24, 2.45) is 0 Å². The highest BCUT2D eigenvalue weighted by Crippen LogP contribution is 2.20. The number of halogens is 3. The lowest BCUT2D eigenvalue weighted by Gasteiger charge is -2.05. The summed E-state index contributed by atoms with van der Waals surface area (Å²) in [4.78, 5) is 29.0. The van der Waals surface area contributed by atoms with Crippen LogP contribution in [-0.2, 0) is 6.54 Å². The number of hydrogen-bond acceptors (Lipinski definition) is 4. The van der Waals surface area contributed by atoms with Crippen LogP contribution in [0.15, 0.2) is 23.1 Å². The number of aromatic nitrogens is 4. The molecule has 2 aromatic rings. The molecule has 0 bridgehead atoms. The van der Waals surface area contributed by atoms with Gasteiger partial charge in [0.15, 0.2) is 5.69 Å². The van der Waals surface area contributed by atoms with Crippen molar-refractivity contribution >= 4 is 11.7 Å². The summed E-state index contributed by atoms with van der Waals surface area (Å²) in [5.41, 5.74) is -0.182. The molecule has 2 aromatic heterocycles. The molecule has 0 saturated heterocycles. The van der Waals surface area contributed by atoms with Crippen molar-refractivity contribution in [1.82, 2.24) is 19.7 Å². The molecule has 0 aliphatic heterocycles. The number of carbonyl (C=O) groups excluding carboxylic acids is 1. The minimum Gasteiger partial charge on any atom is -0.310 e.